The maximum atomic E-state index is 13.5. The number of sulfonamides is 1. The van der Waals surface area contributed by atoms with Gasteiger partial charge < -0.3 is 10.2 Å². The molecule has 0 radical (unpaired) electrons. The summed E-state index contributed by atoms with van der Waals surface area (Å²) in [7, 11) is -0.699. The van der Waals surface area contributed by atoms with Crippen molar-refractivity contribution in [1.82, 2.24) is 9.62 Å². The molecule has 4 rings (SSSR count). The van der Waals surface area contributed by atoms with Crippen molar-refractivity contribution < 1.29 is 17.6 Å². The fourth-order valence-corrected chi connectivity index (χ4v) is 6.00. The van der Waals surface area contributed by atoms with Crippen LogP contribution in [0.15, 0.2) is 47.4 Å². The molecule has 1 saturated carbocycles. The SMILES string of the molecule is CN(C)S(=O)(=O)c1ccc(N2CCCC2)c(C(=O)NCC2(c3ccc(F)cc3)CCCC2)c1. The number of halogens is 1. The molecular formula is C25H32FN3O3S. The number of hydrogen-bond acceptors (Lipinski definition) is 4. The highest BCUT2D eigenvalue weighted by Crippen LogP contribution is 2.41. The van der Waals surface area contributed by atoms with Crippen molar-refractivity contribution in [2.45, 2.75) is 48.8 Å². The first kappa shape index (κ1) is 23.7. The number of carbonyl (C=O) groups excluding carboxylic acids is 1. The summed E-state index contributed by atoms with van der Waals surface area (Å²) >= 11 is 0. The van der Waals surface area contributed by atoms with E-state index in [1.54, 1.807) is 12.1 Å². The molecule has 33 heavy (non-hydrogen) atoms. The smallest absolute Gasteiger partial charge is 0.253 e. The molecule has 1 amide bonds. The molecule has 6 nitrogen and oxygen atoms in total. The highest BCUT2D eigenvalue weighted by molar-refractivity contribution is 7.89. The van der Waals surface area contributed by atoms with Crippen LogP contribution >= 0.6 is 0 Å². The van der Waals surface area contributed by atoms with Crippen molar-refractivity contribution in [3.05, 3.63) is 59.4 Å². The normalized spacial score (nSPS) is 18.1. The van der Waals surface area contributed by atoms with Crippen molar-refractivity contribution in [1.29, 1.82) is 0 Å². The molecule has 0 unspecified atom stereocenters. The van der Waals surface area contributed by atoms with Crippen LogP contribution in [-0.4, -0.2) is 52.4 Å². The third kappa shape index (κ3) is 4.77. The Balaban J connectivity index is 1.64. The van der Waals surface area contributed by atoms with Gasteiger partial charge in [-0.15, -0.1) is 0 Å². The van der Waals surface area contributed by atoms with Gasteiger partial charge in [-0.2, -0.15) is 0 Å². The van der Waals surface area contributed by atoms with Gasteiger partial charge in [-0.25, -0.2) is 17.1 Å². The van der Waals surface area contributed by atoms with Crippen molar-refractivity contribution in [3.63, 3.8) is 0 Å². The quantitative estimate of drug-likeness (QED) is 0.662. The zero-order valence-corrected chi connectivity index (χ0v) is 20.1. The van der Waals surface area contributed by atoms with Crippen molar-refractivity contribution in [3.8, 4) is 0 Å². The molecule has 1 aliphatic carbocycles. The van der Waals surface area contributed by atoms with Gasteiger partial charge in [0, 0.05) is 44.8 Å². The molecule has 0 spiro atoms. The Bertz CT molecular complexity index is 1100. The molecule has 1 aliphatic heterocycles. The van der Waals surface area contributed by atoms with Gasteiger partial charge in [0.05, 0.1) is 10.5 Å². The van der Waals surface area contributed by atoms with Gasteiger partial charge in [-0.1, -0.05) is 25.0 Å². The molecule has 1 heterocycles. The number of hydrogen-bond donors (Lipinski definition) is 1. The molecule has 178 valence electrons. The Labute approximate surface area is 195 Å². The monoisotopic (exact) mass is 473 g/mol. The van der Waals surface area contributed by atoms with E-state index in [-0.39, 0.29) is 22.0 Å². The van der Waals surface area contributed by atoms with Crippen molar-refractivity contribution >= 4 is 21.6 Å². The predicted octanol–water partition coefficient (Wildman–Crippen LogP) is 3.92. The molecule has 1 N–H and O–H groups in total. The molecule has 0 aromatic heterocycles. The van der Waals surface area contributed by atoms with Crippen LogP contribution in [0.3, 0.4) is 0 Å². The van der Waals surface area contributed by atoms with E-state index >= 15 is 0 Å². The molecule has 2 aromatic carbocycles. The van der Waals surface area contributed by atoms with Crippen LogP contribution in [0.4, 0.5) is 10.1 Å². The van der Waals surface area contributed by atoms with Crippen LogP contribution < -0.4 is 10.2 Å². The largest absolute Gasteiger partial charge is 0.371 e. The molecule has 0 atom stereocenters. The topological polar surface area (TPSA) is 69.7 Å². The zero-order chi connectivity index (χ0) is 23.6. The lowest BCUT2D eigenvalue weighted by Crippen LogP contribution is -2.39. The summed E-state index contributed by atoms with van der Waals surface area (Å²) in [5.74, 6) is -0.550. The van der Waals surface area contributed by atoms with Gasteiger partial charge in [0.15, 0.2) is 0 Å². The molecule has 2 aliphatic rings. The summed E-state index contributed by atoms with van der Waals surface area (Å²) in [5, 5.41) is 3.10. The van der Waals surface area contributed by atoms with Crippen molar-refractivity contribution in [2.75, 3.05) is 38.6 Å². The lowest BCUT2D eigenvalue weighted by molar-refractivity contribution is 0.0943. The lowest BCUT2D eigenvalue weighted by atomic mass is 9.78. The first-order valence-corrected chi connectivity index (χ1v) is 13.0. The Hall–Kier alpha value is -2.45. The van der Waals surface area contributed by atoms with E-state index in [9.17, 15) is 17.6 Å². The summed E-state index contributed by atoms with van der Waals surface area (Å²) < 4.78 is 40.1. The fourth-order valence-electron chi connectivity index (χ4n) is 5.07. The second-order valence-corrected chi connectivity index (χ2v) is 11.5. The van der Waals surface area contributed by atoms with Gasteiger partial charge >= 0.3 is 0 Å². The number of carbonyl (C=O) groups is 1. The average molecular weight is 474 g/mol. The third-order valence-corrected chi connectivity index (χ3v) is 8.85. The van der Waals surface area contributed by atoms with Crippen LogP contribution in [0.1, 0.15) is 54.4 Å². The Kier molecular flexibility index (Phi) is 6.77. The van der Waals surface area contributed by atoms with Gasteiger partial charge in [0.2, 0.25) is 10.0 Å². The van der Waals surface area contributed by atoms with Crippen LogP contribution in [0.5, 0.6) is 0 Å². The van der Waals surface area contributed by atoms with E-state index < -0.39 is 10.0 Å². The van der Waals surface area contributed by atoms with Gasteiger partial charge in [0.1, 0.15) is 5.82 Å². The third-order valence-electron chi connectivity index (χ3n) is 7.04. The number of anilines is 1. The standard InChI is InChI=1S/C25H32FN3O3S/c1-28(2)33(31,32)21-11-12-23(29-15-5-6-16-29)22(17-21)24(30)27-18-25(13-3-4-14-25)19-7-9-20(26)10-8-19/h7-12,17H,3-6,13-16,18H2,1-2H3,(H,27,30). The second-order valence-electron chi connectivity index (χ2n) is 9.34. The highest BCUT2D eigenvalue weighted by atomic mass is 32.2. The van der Waals surface area contributed by atoms with E-state index in [4.69, 9.17) is 0 Å². The predicted molar refractivity (Wildman–Crippen MR) is 128 cm³/mol. The maximum Gasteiger partial charge on any atom is 0.253 e. The molecule has 1 saturated heterocycles. The van der Waals surface area contributed by atoms with Gasteiger partial charge in [0.25, 0.3) is 5.91 Å². The first-order valence-electron chi connectivity index (χ1n) is 11.6. The van der Waals surface area contributed by atoms with Crippen LogP contribution in [0.2, 0.25) is 0 Å². The minimum Gasteiger partial charge on any atom is -0.371 e. The Morgan fingerprint density at radius 3 is 2.27 bits per heavy atom. The molecule has 0 bridgehead atoms. The van der Waals surface area contributed by atoms with Gasteiger partial charge in [-0.05, 0) is 61.6 Å². The number of nitrogens with one attached hydrogen (secondary N) is 1. The number of rotatable bonds is 7. The second kappa shape index (κ2) is 9.43. The van der Waals surface area contributed by atoms with Gasteiger partial charge in [-0.3, -0.25) is 4.79 Å². The van der Waals surface area contributed by atoms with E-state index in [1.165, 1.54) is 32.3 Å². The number of nitrogens with zero attached hydrogens (tertiary/aromatic N) is 2. The zero-order valence-electron chi connectivity index (χ0n) is 19.3. The molecular weight excluding hydrogens is 441 g/mol. The van der Waals surface area contributed by atoms with Crippen LogP contribution in [0, 0.1) is 5.82 Å². The summed E-state index contributed by atoms with van der Waals surface area (Å²) in [4.78, 5) is 15.7. The average Bonchev–Trinajstić information content (AvgIpc) is 3.50. The van der Waals surface area contributed by atoms with E-state index in [2.05, 4.69) is 10.2 Å². The summed E-state index contributed by atoms with van der Waals surface area (Å²) in [6.45, 7) is 2.13. The Morgan fingerprint density at radius 2 is 1.67 bits per heavy atom. The highest BCUT2D eigenvalue weighted by Gasteiger charge is 2.36. The Morgan fingerprint density at radius 1 is 1.03 bits per heavy atom. The molecule has 8 heteroatoms. The number of benzene rings is 2. The maximum absolute atomic E-state index is 13.5. The summed E-state index contributed by atoms with van der Waals surface area (Å²) in [5.41, 5.74) is 1.95. The van der Waals surface area contributed by atoms with E-state index in [0.717, 1.165) is 67.2 Å². The minimum atomic E-state index is -3.66. The minimum absolute atomic E-state index is 0.106. The summed E-state index contributed by atoms with van der Waals surface area (Å²) in [6, 6.07) is 11.4. The van der Waals surface area contributed by atoms with Crippen LogP contribution in [0.25, 0.3) is 0 Å². The molecule has 2 fully saturated rings. The lowest BCUT2D eigenvalue weighted by Gasteiger charge is -2.30. The molecule has 2 aromatic rings. The van der Waals surface area contributed by atoms with E-state index in [0.29, 0.717) is 12.1 Å². The summed E-state index contributed by atoms with van der Waals surface area (Å²) in [6.07, 6.45) is 6.06. The fraction of sp³-hybridized carbons (Fsp3) is 0.480. The van der Waals surface area contributed by atoms with E-state index in [1.807, 2.05) is 12.1 Å². The van der Waals surface area contributed by atoms with Crippen LogP contribution in [-0.2, 0) is 15.4 Å². The van der Waals surface area contributed by atoms with Crippen molar-refractivity contribution in [2.24, 2.45) is 0 Å². The first-order chi connectivity index (χ1) is 15.7. The number of amides is 1.